The second-order valence-corrected chi connectivity index (χ2v) is 6.29. The number of rotatable bonds is 1. The first kappa shape index (κ1) is 71.1. The smallest absolute Gasteiger partial charge is 0.0443 e. The molecule has 0 aromatic rings. The Morgan fingerprint density at radius 1 is 0.750 bits per heavy atom. The van der Waals surface area contributed by atoms with Crippen LogP contribution >= 0.6 is 0 Å². The summed E-state index contributed by atoms with van der Waals surface area (Å²) in [6.07, 6.45) is 10.0. The molecule has 0 atom stereocenters. The van der Waals surface area contributed by atoms with Gasteiger partial charge in [0.05, 0.1) is 0 Å². The van der Waals surface area contributed by atoms with Crippen LogP contribution in [-0.2, 0) is 0 Å². The van der Waals surface area contributed by atoms with Crippen molar-refractivity contribution in [3.05, 3.63) is 38.0 Å². The van der Waals surface area contributed by atoms with Crippen LogP contribution in [0.25, 0.3) is 0 Å². The van der Waals surface area contributed by atoms with Crippen molar-refractivity contribution in [1.82, 2.24) is 0 Å². The zero-order valence-electron chi connectivity index (χ0n) is 17.7. The molecular weight excluding hydrogens is 336 g/mol. The second kappa shape index (κ2) is 82.5. The Kier molecular flexibility index (Phi) is 210. The molecule has 184 valence electrons. The SMILES string of the molecule is C.C.C.C.C.C.C/C=C\C.C=C.C=CC.CC(C)C.CC1CC1.CCC(C)C. The molecule has 0 aromatic heterocycles. The highest BCUT2D eigenvalue weighted by atomic mass is 14.2. The molecule has 1 aliphatic carbocycles. The van der Waals surface area contributed by atoms with Gasteiger partial charge in [-0.2, -0.15) is 0 Å². The van der Waals surface area contributed by atoms with Gasteiger partial charge >= 0.3 is 0 Å². The standard InChI is InChI=1S/C5H12.C4H8.C4H10.C4H8.C3H6.C2H4.6CH4/c1-4-5(2)3;1-4-2-3-4;1-4(2)3;1-3-4-2;1-3-2;1-2;;;;;;/h5H,4H2,1-3H3;4H,2-3H2,1H3;4H,1-3H3;3-4H,1-2H3;3H,1H2,2H3;1-2H2;6*1H4/b;;;4-3-;;;;;;;;. The van der Waals surface area contributed by atoms with Crippen LogP contribution in [0.5, 0.6) is 0 Å². The molecule has 1 rings (SSSR count). The fourth-order valence-corrected chi connectivity index (χ4v) is 0.167. The lowest BCUT2D eigenvalue weighted by molar-refractivity contribution is 0.626. The number of hydrogen-bond donors (Lipinski definition) is 0. The van der Waals surface area contributed by atoms with Crippen molar-refractivity contribution in [1.29, 1.82) is 0 Å². The molecule has 0 nitrogen and oxygen atoms in total. The summed E-state index contributed by atoms with van der Waals surface area (Å²) in [7, 11) is 0. The van der Waals surface area contributed by atoms with E-state index in [0.29, 0.717) is 0 Å². The van der Waals surface area contributed by atoms with Gasteiger partial charge in [-0.15, -0.1) is 19.7 Å². The van der Waals surface area contributed by atoms with Gasteiger partial charge in [0.2, 0.25) is 0 Å². The summed E-state index contributed by atoms with van der Waals surface area (Å²) in [5.74, 6) is 2.80. The minimum Gasteiger partial charge on any atom is -0.106 e. The Labute approximate surface area is 189 Å². The molecule has 1 fully saturated rings. The molecule has 0 N–H and O–H groups in total. The summed E-state index contributed by atoms with van der Waals surface area (Å²) in [5.41, 5.74) is 0. The molecule has 0 unspecified atom stereocenters. The zero-order chi connectivity index (χ0) is 19.0. The van der Waals surface area contributed by atoms with Crippen LogP contribution in [0.2, 0.25) is 0 Å². The largest absolute Gasteiger partial charge is 0.106 e. The molecule has 28 heavy (non-hydrogen) atoms. The molecule has 0 heteroatoms. The van der Waals surface area contributed by atoms with Gasteiger partial charge in [-0.1, -0.05) is 131 Å². The van der Waals surface area contributed by atoms with Gasteiger partial charge in [0.15, 0.2) is 0 Å². The molecule has 1 saturated carbocycles. The van der Waals surface area contributed by atoms with E-state index in [1.54, 1.807) is 6.08 Å². The van der Waals surface area contributed by atoms with Crippen LogP contribution in [0.1, 0.15) is 133 Å². The molecule has 0 bridgehead atoms. The lowest BCUT2D eigenvalue weighted by Gasteiger charge is -1.90. The maximum absolute atomic E-state index is 3.36. The predicted octanol–water partition coefficient (Wildman–Crippen LogP) is 12.5. The van der Waals surface area contributed by atoms with Gasteiger partial charge in [0, 0.05) is 0 Å². The zero-order valence-corrected chi connectivity index (χ0v) is 17.7. The minimum atomic E-state index is 0. The van der Waals surface area contributed by atoms with Crippen LogP contribution in [0.15, 0.2) is 38.0 Å². The average Bonchev–Trinajstić information content (AvgIpc) is 3.24. The number of hydrogen-bond acceptors (Lipinski definition) is 0. The maximum Gasteiger partial charge on any atom is -0.0443 e. The number of allylic oxidation sites excluding steroid dienone is 3. The molecule has 0 radical (unpaired) electrons. The molecule has 0 amide bonds. The monoisotopic (exact) mass is 409 g/mol. The van der Waals surface area contributed by atoms with Gasteiger partial charge < -0.3 is 0 Å². The van der Waals surface area contributed by atoms with Gasteiger partial charge in [-0.25, -0.2) is 0 Å². The van der Waals surface area contributed by atoms with E-state index in [-0.39, 0.29) is 44.6 Å². The normalized spacial score (nSPS) is 8.71. The molecule has 0 saturated heterocycles. The van der Waals surface area contributed by atoms with E-state index in [4.69, 9.17) is 0 Å². The highest BCUT2D eigenvalue weighted by Gasteiger charge is 2.12. The summed E-state index contributed by atoms with van der Waals surface area (Å²) in [5, 5.41) is 0. The predicted molar refractivity (Wildman–Crippen MR) is 152 cm³/mol. The quantitative estimate of drug-likeness (QED) is 0.378. The Morgan fingerprint density at radius 3 is 0.857 bits per heavy atom. The summed E-state index contributed by atoms with van der Waals surface area (Å²) in [6, 6.07) is 0. The van der Waals surface area contributed by atoms with Crippen molar-refractivity contribution in [3.63, 3.8) is 0 Å². The van der Waals surface area contributed by atoms with Gasteiger partial charge in [0.25, 0.3) is 0 Å². The van der Waals surface area contributed by atoms with Crippen LogP contribution < -0.4 is 0 Å². The van der Waals surface area contributed by atoms with Crippen molar-refractivity contribution in [2.45, 2.75) is 133 Å². The van der Waals surface area contributed by atoms with Crippen molar-refractivity contribution >= 4 is 0 Å². The van der Waals surface area contributed by atoms with Crippen molar-refractivity contribution < 1.29 is 0 Å². The van der Waals surface area contributed by atoms with Crippen molar-refractivity contribution in [3.8, 4) is 0 Å². The topological polar surface area (TPSA) is 0 Å². The third kappa shape index (κ3) is 543. The highest BCUT2D eigenvalue weighted by molar-refractivity contribution is 4.68. The first-order valence-electron chi connectivity index (χ1n) is 8.87. The van der Waals surface area contributed by atoms with E-state index in [1.807, 2.05) is 32.9 Å². The van der Waals surface area contributed by atoms with E-state index in [2.05, 4.69) is 68.2 Å². The molecule has 0 spiro atoms. The van der Waals surface area contributed by atoms with Crippen LogP contribution in [0.4, 0.5) is 0 Å². The van der Waals surface area contributed by atoms with Crippen molar-refractivity contribution in [2.75, 3.05) is 0 Å². The lowest BCUT2D eigenvalue weighted by atomic mass is 10.2. The Bertz CT molecular complexity index is 164. The van der Waals surface area contributed by atoms with Gasteiger partial charge in [-0.05, 0) is 38.5 Å². The third-order valence-corrected chi connectivity index (χ3v) is 2.02. The molecular formula is C28H72. The maximum atomic E-state index is 3.36. The Morgan fingerprint density at radius 2 is 0.857 bits per heavy atom. The summed E-state index contributed by atoms with van der Waals surface area (Å²) < 4.78 is 0. The van der Waals surface area contributed by atoms with E-state index in [0.717, 1.165) is 17.8 Å². The van der Waals surface area contributed by atoms with Crippen molar-refractivity contribution in [2.24, 2.45) is 17.8 Å². The Hall–Kier alpha value is -0.780. The van der Waals surface area contributed by atoms with E-state index < -0.39 is 0 Å². The summed E-state index contributed by atoms with van der Waals surface area (Å²) in [6.45, 7) is 30.7. The fourth-order valence-electron chi connectivity index (χ4n) is 0.167. The lowest BCUT2D eigenvalue weighted by Crippen LogP contribution is -1.77. The summed E-state index contributed by atoms with van der Waals surface area (Å²) >= 11 is 0. The molecule has 0 heterocycles. The average molecular weight is 409 g/mol. The third-order valence-electron chi connectivity index (χ3n) is 2.02. The fraction of sp³-hybridized carbons (Fsp3) is 0.786. The Balaban J connectivity index is -0.0000000134. The highest BCUT2D eigenvalue weighted by Crippen LogP contribution is 2.26. The van der Waals surface area contributed by atoms with E-state index in [9.17, 15) is 0 Å². The van der Waals surface area contributed by atoms with Gasteiger partial charge in [0.1, 0.15) is 0 Å². The van der Waals surface area contributed by atoms with Gasteiger partial charge in [-0.3, -0.25) is 0 Å². The second-order valence-electron chi connectivity index (χ2n) is 6.29. The first-order valence-corrected chi connectivity index (χ1v) is 8.87. The van der Waals surface area contributed by atoms with Crippen LogP contribution in [0.3, 0.4) is 0 Å². The van der Waals surface area contributed by atoms with E-state index in [1.165, 1.54) is 19.3 Å². The first-order chi connectivity index (χ1) is 10.2. The molecule has 1 aliphatic rings. The van der Waals surface area contributed by atoms with Crippen LogP contribution in [-0.4, -0.2) is 0 Å². The molecule has 0 aliphatic heterocycles. The molecule has 0 aromatic carbocycles. The van der Waals surface area contributed by atoms with Crippen LogP contribution in [0, 0.1) is 17.8 Å². The minimum absolute atomic E-state index is 0. The van der Waals surface area contributed by atoms with E-state index >= 15 is 0 Å². The summed E-state index contributed by atoms with van der Waals surface area (Å²) in [4.78, 5) is 0.